The molecule has 0 spiro atoms. The van der Waals surface area contributed by atoms with E-state index in [1.54, 1.807) is 12.1 Å². The van der Waals surface area contributed by atoms with Gasteiger partial charge in [-0.15, -0.1) is 0 Å². The van der Waals surface area contributed by atoms with Crippen molar-refractivity contribution < 1.29 is 9.50 Å². The van der Waals surface area contributed by atoms with Crippen molar-refractivity contribution >= 4 is 22.5 Å². The topological polar surface area (TPSA) is 33.1 Å². The minimum Gasteiger partial charge on any atom is -0.392 e. The van der Waals surface area contributed by atoms with Crippen molar-refractivity contribution in [2.24, 2.45) is 0 Å². The first kappa shape index (κ1) is 13.0. The van der Waals surface area contributed by atoms with Crippen molar-refractivity contribution in [1.29, 1.82) is 0 Å². The van der Waals surface area contributed by atoms with Crippen LogP contribution in [0.25, 0.3) is 22.0 Å². The average molecular weight is 288 g/mol. The Hall–Kier alpha value is -1.97. The third-order valence-corrected chi connectivity index (χ3v) is 3.55. The molecule has 0 atom stereocenters. The summed E-state index contributed by atoms with van der Waals surface area (Å²) in [6.07, 6.45) is 0. The number of benzene rings is 2. The van der Waals surface area contributed by atoms with E-state index in [-0.39, 0.29) is 17.6 Å². The summed E-state index contributed by atoms with van der Waals surface area (Å²) in [7, 11) is 0. The van der Waals surface area contributed by atoms with Crippen LogP contribution in [-0.4, -0.2) is 10.1 Å². The molecule has 0 fully saturated rings. The summed E-state index contributed by atoms with van der Waals surface area (Å²) in [5.74, 6) is -0.302. The number of hydrogen-bond donors (Lipinski definition) is 1. The molecule has 0 aliphatic carbocycles. The van der Waals surface area contributed by atoms with Crippen molar-refractivity contribution in [3.63, 3.8) is 0 Å². The normalized spacial score (nSPS) is 10.9. The lowest BCUT2D eigenvalue weighted by atomic mass is 9.97. The summed E-state index contributed by atoms with van der Waals surface area (Å²) in [6, 6.07) is 13.7. The van der Waals surface area contributed by atoms with Gasteiger partial charge in [0.1, 0.15) is 11.0 Å². The Kier molecular flexibility index (Phi) is 3.38. The molecule has 0 radical (unpaired) electrons. The second-order valence-electron chi connectivity index (χ2n) is 4.44. The number of para-hydroxylation sites is 1. The van der Waals surface area contributed by atoms with Crippen LogP contribution in [0.4, 0.5) is 4.39 Å². The van der Waals surface area contributed by atoms with Crippen molar-refractivity contribution in [3.05, 3.63) is 65.1 Å². The van der Waals surface area contributed by atoms with Gasteiger partial charge in [-0.2, -0.15) is 0 Å². The predicted octanol–water partition coefficient (Wildman–Crippen LogP) is 4.19. The largest absolute Gasteiger partial charge is 0.392 e. The lowest BCUT2D eigenvalue weighted by Gasteiger charge is -2.13. The lowest BCUT2D eigenvalue weighted by molar-refractivity contribution is 0.282. The Balaban J connectivity index is 2.39. The van der Waals surface area contributed by atoms with Crippen LogP contribution in [0, 0.1) is 5.82 Å². The third-order valence-electron chi connectivity index (χ3n) is 3.23. The number of aliphatic hydroxyl groups is 1. The van der Waals surface area contributed by atoms with E-state index in [0.717, 1.165) is 22.0 Å². The van der Waals surface area contributed by atoms with E-state index in [9.17, 15) is 9.50 Å². The number of pyridine rings is 1. The minimum atomic E-state index is -0.302. The highest BCUT2D eigenvalue weighted by atomic mass is 35.5. The average Bonchev–Trinajstić information content (AvgIpc) is 2.47. The van der Waals surface area contributed by atoms with Crippen LogP contribution in [0.1, 0.15) is 5.56 Å². The summed E-state index contributed by atoms with van der Waals surface area (Å²) < 4.78 is 13.1. The predicted molar refractivity (Wildman–Crippen MR) is 78.1 cm³/mol. The van der Waals surface area contributed by atoms with Gasteiger partial charge in [-0.05, 0) is 29.3 Å². The van der Waals surface area contributed by atoms with E-state index in [2.05, 4.69) is 4.98 Å². The standard InChI is InChI=1S/C16H11ClFNO/c17-16-13(9-20)15(10-5-7-11(18)8-6-10)12-3-1-2-4-14(12)19-16/h1-8,20H,9H2. The van der Waals surface area contributed by atoms with Crippen molar-refractivity contribution in [3.8, 4) is 11.1 Å². The van der Waals surface area contributed by atoms with Gasteiger partial charge in [0.15, 0.2) is 0 Å². The van der Waals surface area contributed by atoms with Crippen LogP contribution in [0.15, 0.2) is 48.5 Å². The number of rotatable bonds is 2. The quantitative estimate of drug-likeness (QED) is 0.717. The maximum atomic E-state index is 13.1. The van der Waals surface area contributed by atoms with E-state index in [4.69, 9.17) is 11.6 Å². The fraction of sp³-hybridized carbons (Fsp3) is 0.0625. The number of aliphatic hydroxyl groups excluding tert-OH is 1. The minimum absolute atomic E-state index is 0.219. The monoisotopic (exact) mass is 287 g/mol. The van der Waals surface area contributed by atoms with Crippen LogP contribution < -0.4 is 0 Å². The number of halogens is 2. The molecule has 0 unspecified atom stereocenters. The highest BCUT2D eigenvalue weighted by Crippen LogP contribution is 2.34. The Morgan fingerprint density at radius 1 is 1.05 bits per heavy atom. The van der Waals surface area contributed by atoms with Gasteiger partial charge in [0, 0.05) is 10.9 Å². The second kappa shape index (κ2) is 5.19. The highest BCUT2D eigenvalue weighted by Gasteiger charge is 2.14. The molecule has 0 saturated heterocycles. The number of fused-ring (bicyclic) bond motifs is 1. The van der Waals surface area contributed by atoms with Gasteiger partial charge in [0.2, 0.25) is 0 Å². The molecule has 0 aliphatic heterocycles. The third kappa shape index (κ3) is 2.15. The molecule has 1 N–H and O–H groups in total. The van der Waals surface area contributed by atoms with Gasteiger partial charge in [-0.1, -0.05) is 41.9 Å². The van der Waals surface area contributed by atoms with Crippen molar-refractivity contribution in [2.45, 2.75) is 6.61 Å². The van der Waals surface area contributed by atoms with E-state index < -0.39 is 0 Å². The van der Waals surface area contributed by atoms with E-state index in [1.165, 1.54) is 12.1 Å². The number of aromatic nitrogens is 1. The van der Waals surface area contributed by atoms with Gasteiger partial charge in [-0.3, -0.25) is 0 Å². The Morgan fingerprint density at radius 2 is 1.75 bits per heavy atom. The smallest absolute Gasteiger partial charge is 0.135 e. The first-order valence-electron chi connectivity index (χ1n) is 6.14. The number of nitrogens with zero attached hydrogens (tertiary/aromatic N) is 1. The Bertz CT molecular complexity index is 771. The van der Waals surface area contributed by atoms with E-state index >= 15 is 0 Å². The molecule has 0 saturated carbocycles. The van der Waals surface area contributed by atoms with Gasteiger partial charge in [0.05, 0.1) is 12.1 Å². The molecule has 1 heterocycles. The van der Waals surface area contributed by atoms with Crippen LogP contribution in [0.3, 0.4) is 0 Å². The molecule has 100 valence electrons. The highest BCUT2D eigenvalue weighted by molar-refractivity contribution is 6.31. The van der Waals surface area contributed by atoms with Crippen LogP contribution >= 0.6 is 11.6 Å². The van der Waals surface area contributed by atoms with Gasteiger partial charge in [-0.25, -0.2) is 9.37 Å². The van der Waals surface area contributed by atoms with E-state index in [1.807, 2.05) is 24.3 Å². The summed E-state index contributed by atoms with van der Waals surface area (Å²) >= 11 is 6.14. The van der Waals surface area contributed by atoms with Crippen molar-refractivity contribution in [1.82, 2.24) is 4.98 Å². The van der Waals surface area contributed by atoms with Gasteiger partial charge >= 0.3 is 0 Å². The zero-order chi connectivity index (χ0) is 14.1. The molecular formula is C16H11ClFNO. The molecule has 3 rings (SSSR count). The second-order valence-corrected chi connectivity index (χ2v) is 4.80. The molecule has 0 bridgehead atoms. The molecule has 0 aliphatic rings. The zero-order valence-electron chi connectivity index (χ0n) is 10.5. The molecule has 3 aromatic rings. The molecule has 4 heteroatoms. The van der Waals surface area contributed by atoms with Gasteiger partial charge in [0.25, 0.3) is 0 Å². The molecule has 20 heavy (non-hydrogen) atoms. The summed E-state index contributed by atoms with van der Waals surface area (Å²) in [5, 5.41) is 10.7. The van der Waals surface area contributed by atoms with Gasteiger partial charge < -0.3 is 5.11 Å². The van der Waals surface area contributed by atoms with Crippen LogP contribution in [-0.2, 0) is 6.61 Å². The first-order valence-corrected chi connectivity index (χ1v) is 6.52. The summed E-state index contributed by atoms with van der Waals surface area (Å²) in [5.41, 5.74) is 2.89. The summed E-state index contributed by atoms with van der Waals surface area (Å²) in [4.78, 5) is 4.28. The molecule has 1 aromatic heterocycles. The molecule has 0 amide bonds. The van der Waals surface area contributed by atoms with Crippen molar-refractivity contribution in [2.75, 3.05) is 0 Å². The molecular weight excluding hydrogens is 277 g/mol. The summed E-state index contributed by atoms with van der Waals surface area (Å²) in [6.45, 7) is -0.219. The van der Waals surface area contributed by atoms with E-state index in [0.29, 0.717) is 5.56 Å². The fourth-order valence-corrected chi connectivity index (χ4v) is 2.56. The maximum Gasteiger partial charge on any atom is 0.135 e. The lowest BCUT2D eigenvalue weighted by Crippen LogP contribution is -1.96. The Morgan fingerprint density at radius 3 is 2.45 bits per heavy atom. The zero-order valence-corrected chi connectivity index (χ0v) is 11.2. The first-order chi connectivity index (χ1) is 9.70. The molecule has 2 aromatic carbocycles. The maximum absolute atomic E-state index is 13.1. The SMILES string of the molecule is OCc1c(Cl)nc2ccccc2c1-c1ccc(F)cc1. The van der Waals surface area contributed by atoms with Crippen LogP contribution in [0.5, 0.6) is 0 Å². The fourth-order valence-electron chi connectivity index (χ4n) is 2.31. The molecule has 2 nitrogen and oxygen atoms in total. The van der Waals surface area contributed by atoms with Crippen LogP contribution in [0.2, 0.25) is 5.15 Å². The number of hydrogen-bond acceptors (Lipinski definition) is 2. The Labute approximate surface area is 120 Å².